The van der Waals surface area contributed by atoms with E-state index in [0.717, 1.165) is 31.5 Å². The van der Waals surface area contributed by atoms with Crippen LogP contribution >= 0.6 is 0 Å². The van der Waals surface area contributed by atoms with Crippen molar-refractivity contribution >= 4 is 5.91 Å². The molecule has 2 heterocycles. The predicted molar refractivity (Wildman–Crippen MR) is 87.8 cm³/mol. The first-order valence-corrected chi connectivity index (χ1v) is 8.29. The van der Waals surface area contributed by atoms with Gasteiger partial charge in [0.25, 0.3) is 0 Å². The van der Waals surface area contributed by atoms with E-state index in [-0.39, 0.29) is 12.5 Å². The number of hydrogen-bond acceptors (Lipinski definition) is 4. The molecule has 1 fully saturated rings. The third-order valence-electron chi connectivity index (χ3n) is 4.27. The van der Waals surface area contributed by atoms with Gasteiger partial charge in [0, 0.05) is 18.7 Å². The van der Waals surface area contributed by atoms with E-state index in [2.05, 4.69) is 41.4 Å². The van der Waals surface area contributed by atoms with Crippen molar-refractivity contribution < 1.29 is 4.79 Å². The maximum atomic E-state index is 12.2. The number of hydrogen-bond donors (Lipinski definition) is 0. The Hall–Kier alpha value is -2.24. The number of piperidine rings is 1. The molecule has 0 atom stereocenters. The number of tetrazole rings is 1. The molecule has 6 nitrogen and oxygen atoms in total. The Bertz CT molecular complexity index is 656. The first-order chi connectivity index (χ1) is 11.1. The molecule has 2 aromatic rings. The quantitative estimate of drug-likeness (QED) is 0.870. The molecule has 1 aliphatic heterocycles. The molecule has 122 valence electrons. The number of rotatable bonds is 4. The van der Waals surface area contributed by atoms with Gasteiger partial charge < -0.3 is 4.90 Å². The normalized spacial score (nSPS) is 15.2. The largest absolute Gasteiger partial charge is 0.341 e. The molecule has 23 heavy (non-hydrogen) atoms. The van der Waals surface area contributed by atoms with Gasteiger partial charge in [0.2, 0.25) is 11.7 Å². The zero-order valence-electron chi connectivity index (χ0n) is 13.8. The van der Waals surface area contributed by atoms with Gasteiger partial charge in [-0.3, -0.25) is 4.79 Å². The summed E-state index contributed by atoms with van der Waals surface area (Å²) >= 11 is 0. The van der Waals surface area contributed by atoms with E-state index in [1.165, 1.54) is 16.8 Å². The maximum absolute atomic E-state index is 12.2. The second-order valence-corrected chi connectivity index (χ2v) is 6.36. The van der Waals surface area contributed by atoms with Gasteiger partial charge in [-0.2, -0.15) is 4.80 Å². The van der Waals surface area contributed by atoms with Crippen LogP contribution in [0.3, 0.4) is 0 Å². The van der Waals surface area contributed by atoms with Crippen molar-refractivity contribution in [2.45, 2.75) is 45.6 Å². The van der Waals surface area contributed by atoms with Crippen molar-refractivity contribution in [1.82, 2.24) is 25.1 Å². The summed E-state index contributed by atoms with van der Waals surface area (Å²) in [5.41, 5.74) is 2.20. The number of aromatic nitrogens is 4. The summed E-state index contributed by atoms with van der Waals surface area (Å²) in [6, 6.07) is 8.17. The topological polar surface area (TPSA) is 63.9 Å². The third-order valence-corrected chi connectivity index (χ3v) is 4.27. The number of amides is 1. The van der Waals surface area contributed by atoms with Crippen LogP contribution in [-0.4, -0.2) is 44.1 Å². The number of nitrogens with zero attached hydrogens (tertiary/aromatic N) is 5. The lowest BCUT2D eigenvalue weighted by molar-refractivity contribution is -0.133. The molecule has 1 aromatic carbocycles. The molecule has 0 unspecified atom stereocenters. The van der Waals surface area contributed by atoms with E-state index < -0.39 is 0 Å². The highest BCUT2D eigenvalue weighted by Gasteiger charge is 2.18. The average Bonchev–Trinajstić information content (AvgIpc) is 3.04. The molecule has 1 amide bonds. The van der Waals surface area contributed by atoms with E-state index in [1.807, 2.05) is 17.0 Å². The van der Waals surface area contributed by atoms with Gasteiger partial charge in [0.05, 0.1) is 0 Å². The highest BCUT2D eigenvalue weighted by molar-refractivity contribution is 5.75. The Morgan fingerprint density at radius 1 is 1.13 bits per heavy atom. The van der Waals surface area contributed by atoms with Gasteiger partial charge in [-0.15, -0.1) is 10.2 Å². The summed E-state index contributed by atoms with van der Waals surface area (Å²) in [6.45, 7) is 6.18. The predicted octanol–water partition coefficient (Wildman–Crippen LogP) is 2.48. The summed E-state index contributed by atoms with van der Waals surface area (Å²) in [6.07, 6.45) is 3.38. The lowest BCUT2D eigenvalue weighted by Crippen LogP contribution is -2.38. The van der Waals surface area contributed by atoms with Crippen molar-refractivity contribution in [2.24, 2.45) is 0 Å². The van der Waals surface area contributed by atoms with Crippen LogP contribution in [-0.2, 0) is 11.3 Å². The van der Waals surface area contributed by atoms with E-state index in [4.69, 9.17) is 0 Å². The lowest BCUT2D eigenvalue weighted by atomic mass is 10.0. The van der Waals surface area contributed by atoms with Crippen molar-refractivity contribution in [2.75, 3.05) is 13.1 Å². The fraction of sp³-hybridized carbons (Fsp3) is 0.529. The molecule has 0 aliphatic carbocycles. The van der Waals surface area contributed by atoms with Crippen LogP contribution in [0.2, 0.25) is 0 Å². The van der Waals surface area contributed by atoms with Gasteiger partial charge in [-0.1, -0.05) is 38.1 Å². The van der Waals surface area contributed by atoms with Crippen molar-refractivity contribution in [1.29, 1.82) is 0 Å². The minimum Gasteiger partial charge on any atom is -0.341 e. The monoisotopic (exact) mass is 313 g/mol. The van der Waals surface area contributed by atoms with Crippen LogP contribution in [0.15, 0.2) is 24.3 Å². The molecule has 0 N–H and O–H groups in total. The minimum absolute atomic E-state index is 0.0730. The Morgan fingerprint density at radius 3 is 2.48 bits per heavy atom. The number of carbonyl (C=O) groups is 1. The summed E-state index contributed by atoms with van der Waals surface area (Å²) in [4.78, 5) is 15.5. The Morgan fingerprint density at radius 2 is 1.83 bits per heavy atom. The van der Waals surface area contributed by atoms with Crippen LogP contribution in [0, 0.1) is 0 Å². The first kappa shape index (κ1) is 15.6. The van der Waals surface area contributed by atoms with E-state index in [0.29, 0.717) is 11.7 Å². The number of likely N-dealkylation sites (tertiary alicyclic amines) is 1. The smallest absolute Gasteiger partial charge is 0.246 e. The van der Waals surface area contributed by atoms with E-state index in [1.54, 1.807) is 0 Å². The number of carbonyl (C=O) groups excluding carboxylic acids is 1. The minimum atomic E-state index is 0.0730. The molecule has 0 radical (unpaired) electrons. The maximum Gasteiger partial charge on any atom is 0.246 e. The van der Waals surface area contributed by atoms with Crippen molar-refractivity contribution in [3.8, 4) is 11.4 Å². The third kappa shape index (κ3) is 3.75. The first-order valence-electron chi connectivity index (χ1n) is 8.29. The van der Waals surface area contributed by atoms with Crippen LogP contribution < -0.4 is 0 Å². The summed E-state index contributed by atoms with van der Waals surface area (Å²) < 4.78 is 0. The van der Waals surface area contributed by atoms with Crippen molar-refractivity contribution in [3.05, 3.63) is 29.8 Å². The molecule has 6 heteroatoms. The van der Waals surface area contributed by atoms with Gasteiger partial charge in [0.1, 0.15) is 6.54 Å². The summed E-state index contributed by atoms with van der Waals surface area (Å²) in [5, 5.41) is 12.4. The van der Waals surface area contributed by atoms with Crippen LogP contribution in [0.5, 0.6) is 0 Å². The average molecular weight is 313 g/mol. The molecular formula is C17H23N5O. The fourth-order valence-corrected chi connectivity index (χ4v) is 2.81. The van der Waals surface area contributed by atoms with E-state index >= 15 is 0 Å². The second-order valence-electron chi connectivity index (χ2n) is 6.36. The fourth-order valence-electron chi connectivity index (χ4n) is 2.81. The molecule has 1 aromatic heterocycles. The second kappa shape index (κ2) is 6.89. The zero-order chi connectivity index (χ0) is 16.2. The molecule has 0 bridgehead atoms. The SMILES string of the molecule is CC(C)c1ccc(-c2nnn(CC(=O)N3CCCCC3)n2)cc1. The molecule has 1 aliphatic rings. The molecule has 0 saturated carbocycles. The summed E-state index contributed by atoms with van der Waals surface area (Å²) in [7, 11) is 0. The zero-order valence-corrected chi connectivity index (χ0v) is 13.8. The Balaban J connectivity index is 1.66. The Kier molecular flexibility index (Phi) is 4.69. The van der Waals surface area contributed by atoms with Gasteiger partial charge in [0.15, 0.2) is 0 Å². The van der Waals surface area contributed by atoms with E-state index in [9.17, 15) is 4.79 Å². The highest BCUT2D eigenvalue weighted by Crippen LogP contribution is 2.19. The standard InChI is InChI=1S/C17H23N5O/c1-13(2)14-6-8-15(9-7-14)17-18-20-22(19-17)12-16(23)21-10-4-3-5-11-21/h6-9,13H,3-5,10-12H2,1-2H3. The molecule has 1 saturated heterocycles. The lowest BCUT2D eigenvalue weighted by Gasteiger charge is -2.26. The van der Waals surface area contributed by atoms with Crippen molar-refractivity contribution in [3.63, 3.8) is 0 Å². The number of benzene rings is 1. The van der Waals surface area contributed by atoms with Gasteiger partial charge in [-0.05, 0) is 36.0 Å². The molecular weight excluding hydrogens is 290 g/mol. The molecule has 0 spiro atoms. The molecule has 3 rings (SSSR count). The van der Waals surface area contributed by atoms with Crippen LogP contribution in [0.4, 0.5) is 0 Å². The van der Waals surface area contributed by atoms with Gasteiger partial charge >= 0.3 is 0 Å². The van der Waals surface area contributed by atoms with Crippen LogP contribution in [0.1, 0.15) is 44.6 Å². The highest BCUT2D eigenvalue weighted by atomic mass is 16.2. The van der Waals surface area contributed by atoms with Gasteiger partial charge in [-0.25, -0.2) is 0 Å². The summed E-state index contributed by atoms with van der Waals surface area (Å²) in [5.74, 6) is 1.13. The van der Waals surface area contributed by atoms with Crippen LogP contribution in [0.25, 0.3) is 11.4 Å². The Labute approximate surface area is 136 Å².